The minimum Gasteiger partial charge on any atom is -0.477 e. The third-order valence-corrected chi connectivity index (χ3v) is 4.83. The van der Waals surface area contributed by atoms with Crippen molar-refractivity contribution in [2.75, 3.05) is 17.6 Å². The van der Waals surface area contributed by atoms with Crippen molar-refractivity contribution in [2.45, 2.75) is 0 Å². The molecule has 0 aliphatic heterocycles. The normalized spacial score (nSPS) is 11.4. The molecule has 2 heterocycles. The van der Waals surface area contributed by atoms with E-state index in [4.69, 9.17) is 9.84 Å². The first kappa shape index (κ1) is 16.8. The van der Waals surface area contributed by atoms with E-state index < -0.39 is 16.0 Å². The van der Waals surface area contributed by atoms with Crippen LogP contribution in [0, 0.1) is 0 Å². The van der Waals surface area contributed by atoms with Crippen LogP contribution in [0.15, 0.2) is 42.6 Å². The first-order chi connectivity index (χ1) is 11.7. The van der Waals surface area contributed by atoms with Gasteiger partial charge in [-0.1, -0.05) is 0 Å². The topological polar surface area (TPSA) is 113 Å². The first-order valence-electron chi connectivity index (χ1n) is 7.18. The molecule has 0 saturated heterocycles. The monoisotopic (exact) mass is 361 g/mol. The second kappa shape index (κ2) is 6.10. The second-order valence-corrected chi connectivity index (χ2v) is 7.44. The number of hydrogen-bond acceptors (Lipinski definition) is 5. The number of H-pyrrole nitrogens is 1. The predicted molar refractivity (Wildman–Crippen MR) is 92.8 cm³/mol. The molecule has 0 aliphatic rings. The number of pyridine rings is 1. The van der Waals surface area contributed by atoms with Gasteiger partial charge >= 0.3 is 5.97 Å². The molecule has 0 atom stereocenters. The number of hydrogen-bond donors (Lipinski definition) is 2. The molecule has 0 radical (unpaired) electrons. The van der Waals surface area contributed by atoms with E-state index in [9.17, 15) is 13.2 Å². The number of benzene rings is 1. The van der Waals surface area contributed by atoms with Gasteiger partial charge in [-0.15, -0.1) is 0 Å². The second-order valence-electron chi connectivity index (χ2n) is 5.42. The largest absolute Gasteiger partial charge is 0.477 e. The number of sulfonamides is 1. The van der Waals surface area contributed by atoms with Crippen molar-refractivity contribution in [1.29, 1.82) is 0 Å². The summed E-state index contributed by atoms with van der Waals surface area (Å²) in [6.07, 6.45) is 2.50. The zero-order chi connectivity index (χ0) is 18.2. The number of ether oxygens (including phenoxy) is 1. The van der Waals surface area contributed by atoms with Gasteiger partial charge in [0, 0.05) is 30.1 Å². The van der Waals surface area contributed by atoms with Crippen LogP contribution < -0.4 is 9.04 Å². The lowest BCUT2D eigenvalue weighted by atomic mass is 10.2. The Bertz CT molecular complexity index is 1040. The summed E-state index contributed by atoms with van der Waals surface area (Å²) in [4.78, 5) is 17.9. The number of nitrogens with zero attached hydrogens (tertiary/aromatic N) is 2. The number of carbonyl (C=O) groups is 1. The third kappa shape index (κ3) is 3.56. The van der Waals surface area contributed by atoms with Crippen LogP contribution in [0.3, 0.4) is 0 Å². The summed E-state index contributed by atoms with van der Waals surface area (Å²) in [6.45, 7) is 0. The van der Waals surface area contributed by atoms with Gasteiger partial charge in [0.05, 0.1) is 18.1 Å². The number of aromatic amines is 1. The summed E-state index contributed by atoms with van der Waals surface area (Å²) < 4.78 is 29.8. The summed E-state index contributed by atoms with van der Waals surface area (Å²) in [5.74, 6) is -0.274. The van der Waals surface area contributed by atoms with Crippen molar-refractivity contribution < 1.29 is 23.1 Å². The maximum atomic E-state index is 11.5. The van der Waals surface area contributed by atoms with Crippen LogP contribution in [0.4, 0.5) is 5.69 Å². The minimum absolute atomic E-state index is 0.0958. The molecular formula is C16H15N3O5S. The van der Waals surface area contributed by atoms with Gasteiger partial charge in [0.2, 0.25) is 15.9 Å². The van der Waals surface area contributed by atoms with Crippen LogP contribution >= 0.6 is 0 Å². The number of nitrogens with one attached hydrogen (secondary N) is 1. The number of carboxylic acid groups (broad SMARTS) is 1. The Labute approximate surface area is 143 Å². The van der Waals surface area contributed by atoms with Gasteiger partial charge in [-0.05, 0) is 24.3 Å². The summed E-state index contributed by atoms with van der Waals surface area (Å²) in [5.41, 5.74) is 1.14. The van der Waals surface area contributed by atoms with Gasteiger partial charge in [-0.25, -0.2) is 18.2 Å². The molecule has 3 aromatic rings. The van der Waals surface area contributed by atoms with E-state index >= 15 is 0 Å². The van der Waals surface area contributed by atoms with Crippen molar-refractivity contribution in [3.63, 3.8) is 0 Å². The van der Waals surface area contributed by atoms with Gasteiger partial charge in [0.25, 0.3) is 0 Å². The van der Waals surface area contributed by atoms with Crippen molar-refractivity contribution in [3.8, 4) is 11.6 Å². The number of aromatic nitrogens is 2. The number of anilines is 1. The SMILES string of the molecule is CN(c1ccc(Oc2ccc3cc(C(=O)O)[nH]c3c2)nc1)S(C)(=O)=O. The standard InChI is InChI=1S/C16H15N3O5S/c1-19(25(2,22)23)11-4-6-15(17-9-11)24-12-5-3-10-7-14(16(20)21)18-13(10)8-12/h3-9,18H,1-2H3,(H,20,21). The molecule has 8 nitrogen and oxygen atoms in total. The number of aromatic carboxylic acids is 1. The van der Waals surface area contributed by atoms with Crippen LogP contribution in [-0.4, -0.2) is 42.8 Å². The van der Waals surface area contributed by atoms with Crippen LogP contribution in [0.2, 0.25) is 0 Å². The Morgan fingerprint density at radius 2 is 2.00 bits per heavy atom. The number of carboxylic acids is 1. The van der Waals surface area contributed by atoms with Crippen molar-refractivity contribution >= 4 is 32.6 Å². The molecule has 130 valence electrons. The van der Waals surface area contributed by atoms with Crippen LogP contribution in [0.5, 0.6) is 11.6 Å². The molecule has 9 heteroatoms. The molecule has 2 N–H and O–H groups in total. The van der Waals surface area contributed by atoms with Crippen molar-refractivity contribution in [1.82, 2.24) is 9.97 Å². The Morgan fingerprint density at radius 1 is 1.24 bits per heavy atom. The molecule has 0 fully saturated rings. The van der Waals surface area contributed by atoms with Gasteiger partial charge < -0.3 is 14.8 Å². The van der Waals surface area contributed by atoms with E-state index in [0.717, 1.165) is 15.9 Å². The molecular weight excluding hydrogens is 346 g/mol. The lowest BCUT2D eigenvalue weighted by molar-refractivity contribution is 0.0691. The fraction of sp³-hybridized carbons (Fsp3) is 0.125. The average molecular weight is 361 g/mol. The zero-order valence-corrected chi connectivity index (χ0v) is 14.2. The molecule has 1 aromatic carbocycles. The molecule has 2 aromatic heterocycles. The van der Waals surface area contributed by atoms with Crippen molar-refractivity contribution in [2.24, 2.45) is 0 Å². The lowest BCUT2D eigenvalue weighted by Crippen LogP contribution is -2.24. The highest BCUT2D eigenvalue weighted by atomic mass is 32.2. The van der Waals surface area contributed by atoms with Crippen LogP contribution in [0.25, 0.3) is 10.9 Å². The molecule has 3 rings (SSSR count). The minimum atomic E-state index is -3.36. The van der Waals surface area contributed by atoms with Gasteiger partial charge in [0.15, 0.2) is 0 Å². The Hall–Kier alpha value is -3.07. The smallest absolute Gasteiger partial charge is 0.352 e. The van der Waals surface area contributed by atoms with E-state index in [0.29, 0.717) is 17.0 Å². The highest BCUT2D eigenvalue weighted by Crippen LogP contribution is 2.26. The molecule has 0 amide bonds. The Balaban J connectivity index is 1.82. The zero-order valence-electron chi connectivity index (χ0n) is 13.4. The Kier molecular flexibility index (Phi) is 4.09. The quantitative estimate of drug-likeness (QED) is 0.722. The number of fused-ring (bicyclic) bond motifs is 1. The van der Waals surface area contributed by atoms with Gasteiger partial charge in [0.1, 0.15) is 11.4 Å². The number of rotatable bonds is 5. The fourth-order valence-electron chi connectivity index (χ4n) is 2.22. The van der Waals surface area contributed by atoms with Gasteiger partial charge in [-0.2, -0.15) is 0 Å². The highest BCUT2D eigenvalue weighted by Gasteiger charge is 2.13. The van der Waals surface area contributed by atoms with Gasteiger partial charge in [-0.3, -0.25) is 4.31 Å². The van der Waals surface area contributed by atoms with E-state index in [1.165, 1.54) is 19.3 Å². The van der Waals surface area contributed by atoms with E-state index in [-0.39, 0.29) is 11.6 Å². The molecule has 0 aliphatic carbocycles. The summed E-state index contributed by atoms with van der Waals surface area (Å²) in [6, 6.07) is 9.77. The van der Waals surface area contributed by atoms with Crippen LogP contribution in [0.1, 0.15) is 10.5 Å². The summed E-state index contributed by atoms with van der Waals surface area (Å²) in [5, 5.41) is 9.75. The van der Waals surface area contributed by atoms with E-state index in [1.54, 1.807) is 30.3 Å². The van der Waals surface area contributed by atoms with E-state index in [2.05, 4.69) is 9.97 Å². The predicted octanol–water partition coefficient (Wildman–Crippen LogP) is 2.45. The summed E-state index contributed by atoms with van der Waals surface area (Å²) in [7, 11) is -1.92. The highest BCUT2D eigenvalue weighted by molar-refractivity contribution is 7.92. The average Bonchev–Trinajstić information content (AvgIpc) is 2.98. The maximum absolute atomic E-state index is 11.5. The maximum Gasteiger partial charge on any atom is 0.352 e. The summed E-state index contributed by atoms with van der Waals surface area (Å²) >= 11 is 0. The molecule has 0 bridgehead atoms. The first-order valence-corrected chi connectivity index (χ1v) is 9.03. The fourth-order valence-corrected chi connectivity index (χ4v) is 2.71. The van der Waals surface area contributed by atoms with E-state index in [1.807, 2.05) is 0 Å². The van der Waals surface area contributed by atoms with Crippen LogP contribution in [-0.2, 0) is 10.0 Å². The molecule has 25 heavy (non-hydrogen) atoms. The van der Waals surface area contributed by atoms with Crippen molar-refractivity contribution in [3.05, 3.63) is 48.3 Å². The lowest BCUT2D eigenvalue weighted by Gasteiger charge is -2.16. The molecule has 0 saturated carbocycles. The third-order valence-electron chi connectivity index (χ3n) is 3.63. The Morgan fingerprint density at radius 3 is 2.60 bits per heavy atom. The molecule has 0 unspecified atom stereocenters. The molecule has 0 spiro atoms.